The van der Waals surface area contributed by atoms with Gasteiger partial charge in [0.05, 0.1) is 12.6 Å². The molecule has 0 spiro atoms. The molecule has 1 unspecified atom stereocenters. The first kappa shape index (κ1) is 23.9. The number of likely N-dealkylation sites (N-methyl/N-ethyl adjacent to an activating group) is 1. The number of anilines is 1. The molecular weight excluding hydrogens is 400 g/mol. The van der Waals surface area contributed by atoms with Gasteiger partial charge in [-0.25, -0.2) is 0 Å². The predicted molar refractivity (Wildman–Crippen MR) is 123 cm³/mol. The smallest absolute Gasteiger partial charge is 0.255 e. The highest BCUT2D eigenvalue weighted by Crippen LogP contribution is 2.23. The van der Waals surface area contributed by atoms with E-state index in [1.165, 1.54) is 0 Å². The van der Waals surface area contributed by atoms with Crippen LogP contribution in [0.1, 0.15) is 35.8 Å². The number of nitrogens with one attached hydrogen (secondary N) is 2. The van der Waals surface area contributed by atoms with Gasteiger partial charge >= 0.3 is 0 Å². The van der Waals surface area contributed by atoms with Crippen LogP contribution in [0.2, 0.25) is 0 Å². The molecule has 162 valence electrons. The number of carbonyl (C=O) groups is 2. The maximum atomic E-state index is 12.8. The van der Waals surface area contributed by atoms with E-state index < -0.39 is 0 Å². The third-order valence-corrected chi connectivity index (χ3v) is 5.61. The van der Waals surface area contributed by atoms with Crippen molar-refractivity contribution in [1.82, 2.24) is 15.1 Å². The van der Waals surface area contributed by atoms with Gasteiger partial charge in [-0.3, -0.25) is 14.5 Å². The average Bonchev–Trinajstić information content (AvgIpc) is 2.75. The summed E-state index contributed by atoms with van der Waals surface area (Å²) in [7, 11) is 1.84. The minimum Gasteiger partial charge on any atom is -0.338 e. The van der Waals surface area contributed by atoms with E-state index in [9.17, 15) is 9.59 Å². The van der Waals surface area contributed by atoms with Crippen molar-refractivity contribution in [2.24, 2.45) is 0 Å². The first-order valence-corrected chi connectivity index (χ1v) is 10.1. The van der Waals surface area contributed by atoms with Gasteiger partial charge < -0.3 is 15.5 Å². The summed E-state index contributed by atoms with van der Waals surface area (Å²) in [6, 6.07) is 17.1. The summed E-state index contributed by atoms with van der Waals surface area (Å²) in [5, 5.41) is 6.28. The Hall–Kier alpha value is -2.41. The van der Waals surface area contributed by atoms with Gasteiger partial charge in [0.2, 0.25) is 5.91 Å². The van der Waals surface area contributed by atoms with Gasteiger partial charge in [-0.2, -0.15) is 0 Å². The summed E-state index contributed by atoms with van der Waals surface area (Å²) in [6.07, 6.45) is 0. The Bertz CT molecular complexity index is 846. The molecular formula is C23H31ClN4O2. The van der Waals surface area contributed by atoms with Crippen LogP contribution in [0.5, 0.6) is 0 Å². The lowest BCUT2D eigenvalue weighted by atomic mass is 10.1. The highest BCUT2D eigenvalue weighted by atomic mass is 35.5. The SMILES string of the molecule is CC(c1cccc(NC(=O)c2ccccc2)c1)N(C)C(=O)CN1CCNC[C@@H]1C.Cl. The number of hydrogen-bond acceptors (Lipinski definition) is 4. The number of benzene rings is 2. The standard InChI is InChI=1S/C23H30N4O2.ClH/c1-17-15-24-12-13-27(17)16-22(28)26(3)18(2)20-10-7-11-21(14-20)25-23(29)19-8-5-4-6-9-19;/h4-11,14,17-18,24H,12-13,15-16H2,1-3H3,(H,25,29);1H/t17-,18?;/m0./s1. The first-order valence-electron chi connectivity index (χ1n) is 10.1. The summed E-state index contributed by atoms with van der Waals surface area (Å²) in [6.45, 7) is 7.29. The van der Waals surface area contributed by atoms with E-state index in [0.29, 0.717) is 18.2 Å². The van der Waals surface area contributed by atoms with Gasteiger partial charge in [-0.15, -0.1) is 12.4 Å². The van der Waals surface area contributed by atoms with Crippen molar-refractivity contribution < 1.29 is 9.59 Å². The maximum Gasteiger partial charge on any atom is 0.255 e. The van der Waals surface area contributed by atoms with E-state index in [2.05, 4.69) is 22.5 Å². The molecule has 1 aliphatic rings. The fourth-order valence-electron chi connectivity index (χ4n) is 3.51. The van der Waals surface area contributed by atoms with E-state index in [-0.39, 0.29) is 30.3 Å². The number of amides is 2. The molecule has 0 radical (unpaired) electrons. The molecule has 0 saturated carbocycles. The van der Waals surface area contributed by atoms with E-state index in [4.69, 9.17) is 0 Å². The van der Waals surface area contributed by atoms with Crippen LogP contribution >= 0.6 is 12.4 Å². The molecule has 2 N–H and O–H groups in total. The van der Waals surface area contributed by atoms with Crippen LogP contribution in [0.3, 0.4) is 0 Å². The zero-order valence-corrected chi connectivity index (χ0v) is 18.6. The van der Waals surface area contributed by atoms with Crippen molar-refractivity contribution in [3.8, 4) is 0 Å². The van der Waals surface area contributed by atoms with Crippen molar-refractivity contribution in [1.29, 1.82) is 0 Å². The first-order chi connectivity index (χ1) is 14.0. The van der Waals surface area contributed by atoms with Crippen molar-refractivity contribution >= 4 is 29.9 Å². The molecule has 2 amide bonds. The molecule has 7 heteroatoms. The van der Waals surface area contributed by atoms with Crippen molar-refractivity contribution in [3.63, 3.8) is 0 Å². The maximum absolute atomic E-state index is 12.8. The molecule has 1 aliphatic heterocycles. The Morgan fingerprint density at radius 2 is 1.93 bits per heavy atom. The summed E-state index contributed by atoms with van der Waals surface area (Å²) >= 11 is 0. The van der Waals surface area contributed by atoms with Gasteiger partial charge in [-0.1, -0.05) is 30.3 Å². The van der Waals surface area contributed by atoms with Crippen LogP contribution in [0.4, 0.5) is 5.69 Å². The number of nitrogens with zero attached hydrogens (tertiary/aromatic N) is 2. The fraction of sp³-hybridized carbons (Fsp3) is 0.391. The molecule has 1 fully saturated rings. The van der Waals surface area contributed by atoms with Crippen LogP contribution in [0.25, 0.3) is 0 Å². The number of carbonyl (C=O) groups excluding carboxylic acids is 2. The Morgan fingerprint density at radius 1 is 1.20 bits per heavy atom. The average molecular weight is 431 g/mol. The summed E-state index contributed by atoms with van der Waals surface area (Å²) < 4.78 is 0. The number of rotatable bonds is 6. The second-order valence-electron chi connectivity index (χ2n) is 7.65. The molecule has 1 saturated heterocycles. The Labute approximate surface area is 185 Å². The molecule has 0 bridgehead atoms. The normalized spacial score (nSPS) is 17.5. The number of piperazine rings is 1. The minimum atomic E-state index is -0.146. The van der Waals surface area contributed by atoms with Crippen molar-refractivity contribution in [2.75, 3.05) is 38.5 Å². The van der Waals surface area contributed by atoms with Gasteiger partial charge in [0.15, 0.2) is 0 Å². The van der Waals surface area contributed by atoms with Crippen molar-refractivity contribution in [3.05, 3.63) is 65.7 Å². The number of halogens is 1. The van der Waals surface area contributed by atoms with Gasteiger partial charge in [0.25, 0.3) is 5.91 Å². The molecule has 6 nitrogen and oxygen atoms in total. The van der Waals surface area contributed by atoms with E-state index >= 15 is 0 Å². The van der Waals surface area contributed by atoms with Crippen LogP contribution in [-0.4, -0.2) is 60.9 Å². The largest absolute Gasteiger partial charge is 0.338 e. The topological polar surface area (TPSA) is 64.7 Å². The van der Waals surface area contributed by atoms with Gasteiger partial charge in [0.1, 0.15) is 0 Å². The highest BCUT2D eigenvalue weighted by molar-refractivity contribution is 6.04. The summed E-state index contributed by atoms with van der Waals surface area (Å²) in [5.74, 6) is -0.0440. The van der Waals surface area contributed by atoms with Crippen LogP contribution in [-0.2, 0) is 4.79 Å². The lowest BCUT2D eigenvalue weighted by molar-refractivity contribution is -0.133. The molecule has 3 rings (SSSR count). The predicted octanol–water partition coefficient (Wildman–Crippen LogP) is 3.17. The second-order valence-corrected chi connectivity index (χ2v) is 7.65. The van der Waals surface area contributed by atoms with Crippen LogP contribution < -0.4 is 10.6 Å². The van der Waals surface area contributed by atoms with E-state index in [1.54, 1.807) is 17.0 Å². The van der Waals surface area contributed by atoms with E-state index in [1.807, 2.05) is 56.4 Å². The Morgan fingerprint density at radius 3 is 2.63 bits per heavy atom. The molecule has 30 heavy (non-hydrogen) atoms. The Balaban J connectivity index is 0.00000320. The second kappa shape index (κ2) is 11.1. The number of hydrogen-bond donors (Lipinski definition) is 2. The minimum absolute atomic E-state index is 0. The van der Waals surface area contributed by atoms with Gasteiger partial charge in [-0.05, 0) is 43.7 Å². The highest BCUT2D eigenvalue weighted by Gasteiger charge is 2.24. The Kier molecular flexibility index (Phi) is 8.84. The van der Waals surface area contributed by atoms with Gasteiger partial charge in [0, 0.05) is 44.0 Å². The third-order valence-electron chi connectivity index (χ3n) is 5.61. The van der Waals surface area contributed by atoms with E-state index in [0.717, 1.165) is 30.9 Å². The summed E-state index contributed by atoms with van der Waals surface area (Å²) in [5.41, 5.74) is 2.32. The molecule has 2 atom stereocenters. The molecule has 0 aliphatic carbocycles. The lowest BCUT2D eigenvalue weighted by Crippen LogP contribution is -2.53. The van der Waals surface area contributed by atoms with Crippen LogP contribution in [0.15, 0.2) is 54.6 Å². The lowest BCUT2D eigenvalue weighted by Gasteiger charge is -2.35. The molecule has 0 aromatic heterocycles. The van der Waals surface area contributed by atoms with Crippen molar-refractivity contribution in [2.45, 2.75) is 25.9 Å². The molecule has 2 aromatic carbocycles. The quantitative estimate of drug-likeness (QED) is 0.738. The third kappa shape index (κ3) is 6.05. The molecule has 2 aromatic rings. The molecule has 1 heterocycles. The monoisotopic (exact) mass is 430 g/mol. The zero-order valence-electron chi connectivity index (χ0n) is 17.8. The fourth-order valence-corrected chi connectivity index (χ4v) is 3.51. The van der Waals surface area contributed by atoms with Crippen LogP contribution in [0, 0.1) is 0 Å². The summed E-state index contributed by atoms with van der Waals surface area (Å²) in [4.78, 5) is 29.2. The zero-order chi connectivity index (χ0) is 20.8.